The molecule has 7 heavy (non-hydrogen) atoms. The Kier molecular flexibility index (Phi) is 1.65. The second-order valence-electron chi connectivity index (χ2n) is 1.92. The molecule has 0 spiro atoms. The Bertz CT molecular complexity index is 50.0. The molecule has 1 atom stereocenters. The van der Waals surface area contributed by atoms with Crippen LogP contribution in [0.3, 0.4) is 0 Å². The van der Waals surface area contributed by atoms with Gasteiger partial charge in [0.15, 0.2) is 0 Å². The smallest absolute Gasteiger partial charge is 0.106 e. The van der Waals surface area contributed by atoms with Gasteiger partial charge in [0.05, 0.1) is 0 Å². The van der Waals surface area contributed by atoms with Crippen molar-refractivity contribution in [3.8, 4) is 0 Å². The van der Waals surface area contributed by atoms with Gasteiger partial charge in [0, 0.05) is 6.61 Å². The molecular weight excluding hydrogens is 90.1 g/mol. The van der Waals surface area contributed by atoms with E-state index in [0.717, 1.165) is 13.2 Å². The van der Waals surface area contributed by atoms with Gasteiger partial charge in [-0.2, -0.15) is 0 Å². The zero-order chi connectivity index (χ0) is 5.11. The van der Waals surface area contributed by atoms with Gasteiger partial charge in [-0.25, -0.2) is 0 Å². The van der Waals surface area contributed by atoms with Crippen molar-refractivity contribution in [2.45, 2.75) is 18.9 Å². The largest absolute Gasteiger partial charge is 0.372 e. The zero-order valence-electron chi connectivity index (χ0n) is 4.52. The normalized spacial score (nSPS) is 31.3. The van der Waals surface area contributed by atoms with E-state index in [1.54, 1.807) is 0 Å². The Morgan fingerprint density at radius 1 is 1.71 bits per heavy atom. The summed E-state index contributed by atoms with van der Waals surface area (Å²) < 4.78 is 5.24. The molecule has 2 heteroatoms. The van der Waals surface area contributed by atoms with Crippen LogP contribution in [-0.4, -0.2) is 19.3 Å². The average molecular weight is 102 g/mol. The second-order valence-corrected chi connectivity index (χ2v) is 1.92. The van der Waals surface area contributed by atoms with Crippen molar-refractivity contribution in [2.75, 3.05) is 13.2 Å². The molecule has 1 heterocycles. The maximum absolute atomic E-state index is 5.24. The van der Waals surface area contributed by atoms with Crippen molar-refractivity contribution >= 4 is 0 Å². The van der Waals surface area contributed by atoms with E-state index in [9.17, 15) is 0 Å². The minimum atomic E-state index is 0.486. The van der Waals surface area contributed by atoms with Crippen molar-refractivity contribution in [1.29, 1.82) is 0 Å². The van der Waals surface area contributed by atoms with E-state index < -0.39 is 0 Å². The lowest BCUT2D eigenvalue weighted by Crippen LogP contribution is -2.55. The molecule has 3 N–H and O–H groups in total. The van der Waals surface area contributed by atoms with Crippen LogP contribution in [0.25, 0.3) is 0 Å². The summed E-state index contributed by atoms with van der Waals surface area (Å²) in [4.78, 5) is 0. The van der Waals surface area contributed by atoms with E-state index in [1.165, 1.54) is 12.8 Å². The summed E-state index contributed by atoms with van der Waals surface area (Å²) >= 11 is 0. The van der Waals surface area contributed by atoms with Crippen LogP contribution in [0.5, 0.6) is 0 Å². The highest BCUT2D eigenvalue weighted by atomic mass is 16.5. The molecule has 1 rings (SSSR count). The lowest BCUT2D eigenvalue weighted by Gasteiger charge is -1.98. The van der Waals surface area contributed by atoms with Crippen LogP contribution in [0.1, 0.15) is 12.8 Å². The first-order valence-corrected chi connectivity index (χ1v) is 2.84. The van der Waals surface area contributed by atoms with Gasteiger partial charge >= 0.3 is 0 Å². The minimum Gasteiger partial charge on any atom is -0.372 e. The number of quaternary nitrogens is 1. The molecule has 42 valence electrons. The molecule has 0 saturated carbocycles. The predicted molar refractivity (Wildman–Crippen MR) is 26.7 cm³/mol. The highest BCUT2D eigenvalue weighted by molar-refractivity contribution is 4.60. The molecule has 0 aliphatic carbocycles. The van der Waals surface area contributed by atoms with Crippen molar-refractivity contribution in [2.24, 2.45) is 0 Å². The van der Waals surface area contributed by atoms with E-state index in [0.29, 0.717) is 6.10 Å². The Morgan fingerprint density at radius 2 is 2.57 bits per heavy atom. The Labute approximate surface area is 43.6 Å². The lowest BCUT2D eigenvalue weighted by atomic mass is 10.2. The fourth-order valence-electron chi connectivity index (χ4n) is 0.872. The second kappa shape index (κ2) is 2.28. The van der Waals surface area contributed by atoms with E-state index in [-0.39, 0.29) is 0 Å². The van der Waals surface area contributed by atoms with Crippen molar-refractivity contribution in [3.63, 3.8) is 0 Å². The van der Waals surface area contributed by atoms with Crippen LogP contribution in [0.15, 0.2) is 0 Å². The van der Waals surface area contributed by atoms with Crippen molar-refractivity contribution in [1.82, 2.24) is 0 Å². The Hall–Kier alpha value is -0.0800. The summed E-state index contributed by atoms with van der Waals surface area (Å²) in [6.07, 6.45) is 2.95. The predicted octanol–water partition coefficient (Wildman–Crippen LogP) is -0.593. The van der Waals surface area contributed by atoms with Crippen LogP contribution in [0.2, 0.25) is 0 Å². The number of ether oxygens (including phenoxy) is 1. The minimum absolute atomic E-state index is 0.486. The highest BCUT2D eigenvalue weighted by Crippen LogP contribution is 2.08. The molecule has 0 unspecified atom stereocenters. The van der Waals surface area contributed by atoms with Gasteiger partial charge in [-0.3, -0.25) is 0 Å². The average Bonchev–Trinajstić information content (AvgIpc) is 2.14. The molecule has 0 aromatic heterocycles. The molecule has 2 nitrogen and oxygen atoms in total. The highest BCUT2D eigenvalue weighted by Gasteiger charge is 2.13. The maximum Gasteiger partial charge on any atom is 0.106 e. The summed E-state index contributed by atoms with van der Waals surface area (Å²) in [5, 5.41) is 0. The van der Waals surface area contributed by atoms with E-state index in [2.05, 4.69) is 5.73 Å². The number of hydrogen-bond donors (Lipinski definition) is 1. The summed E-state index contributed by atoms with van der Waals surface area (Å²) in [5.74, 6) is 0. The van der Waals surface area contributed by atoms with E-state index in [1.807, 2.05) is 0 Å². The quantitative estimate of drug-likeness (QED) is 0.472. The van der Waals surface area contributed by atoms with Gasteiger partial charge < -0.3 is 10.5 Å². The fraction of sp³-hybridized carbons (Fsp3) is 1.00. The molecule has 1 aliphatic rings. The third kappa shape index (κ3) is 1.14. The Morgan fingerprint density at radius 3 is 2.86 bits per heavy atom. The Balaban J connectivity index is 2.14. The number of rotatable bonds is 1. The first kappa shape index (κ1) is 5.06. The topological polar surface area (TPSA) is 36.9 Å². The van der Waals surface area contributed by atoms with Gasteiger partial charge in [-0.1, -0.05) is 0 Å². The summed E-state index contributed by atoms with van der Waals surface area (Å²) in [6.45, 7) is 1.90. The third-order valence-corrected chi connectivity index (χ3v) is 1.35. The van der Waals surface area contributed by atoms with Gasteiger partial charge in [-0.05, 0) is 12.8 Å². The molecule has 0 aromatic carbocycles. The molecule has 0 radical (unpaired) electrons. The first-order valence-electron chi connectivity index (χ1n) is 2.84. The zero-order valence-corrected chi connectivity index (χ0v) is 4.52. The molecule has 1 saturated heterocycles. The summed E-state index contributed by atoms with van der Waals surface area (Å²) in [7, 11) is 0. The maximum atomic E-state index is 5.24. The molecule has 1 fully saturated rings. The van der Waals surface area contributed by atoms with Crippen molar-refractivity contribution < 1.29 is 10.5 Å². The van der Waals surface area contributed by atoms with E-state index >= 15 is 0 Å². The van der Waals surface area contributed by atoms with Gasteiger partial charge in [0.25, 0.3) is 0 Å². The standard InChI is InChI=1S/C5H11NO/c6-4-5-2-1-3-7-5/h5H,1-4,6H2/p+1/t5-/m0/s1. The van der Waals surface area contributed by atoms with E-state index in [4.69, 9.17) is 4.74 Å². The molecular formula is C5H12NO+. The van der Waals surface area contributed by atoms with Crippen LogP contribution in [0, 0.1) is 0 Å². The number of hydrogen-bond acceptors (Lipinski definition) is 1. The van der Waals surface area contributed by atoms with Gasteiger partial charge in [0.1, 0.15) is 12.6 Å². The fourth-order valence-corrected chi connectivity index (χ4v) is 0.872. The SMILES string of the molecule is [NH3+]C[C@@H]1CCCO1. The van der Waals surface area contributed by atoms with Crippen LogP contribution in [0.4, 0.5) is 0 Å². The van der Waals surface area contributed by atoms with Gasteiger partial charge in [-0.15, -0.1) is 0 Å². The van der Waals surface area contributed by atoms with Crippen molar-refractivity contribution in [3.05, 3.63) is 0 Å². The third-order valence-electron chi connectivity index (χ3n) is 1.35. The molecule has 0 aromatic rings. The first-order chi connectivity index (χ1) is 3.43. The van der Waals surface area contributed by atoms with Crippen LogP contribution in [-0.2, 0) is 4.74 Å². The summed E-state index contributed by atoms with van der Waals surface area (Å²) in [6, 6.07) is 0. The summed E-state index contributed by atoms with van der Waals surface area (Å²) in [5.41, 5.74) is 3.74. The van der Waals surface area contributed by atoms with Crippen LogP contribution >= 0.6 is 0 Å². The monoisotopic (exact) mass is 102 g/mol. The lowest BCUT2D eigenvalue weighted by molar-refractivity contribution is -0.383. The molecule has 0 amide bonds. The molecule has 0 bridgehead atoms. The van der Waals surface area contributed by atoms with Crippen LogP contribution < -0.4 is 5.73 Å². The molecule has 1 aliphatic heterocycles. The van der Waals surface area contributed by atoms with Gasteiger partial charge in [0.2, 0.25) is 0 Å².